The number of ketones is 1. The van der Waals surface area contributed by atoms with Gasteiger partial charge >= 0.3 is 5.63 Å². The normalized spacial score (nSPS) is 20.0. The molecule has 1 aromatic heterocycles. The average molecular weight is 330 g/mol. The predicted molar refractivity (Wildman–Crippen MR) is 90.5 cm³/mol. The SMILES string of the molecule is Cc1cc(=O)oc2cc(OCC(=O)[C@@H]3CCOC(C)(C)C3)ccc12. The van der Waals surface area contributed by atoms with Gasteiger partial charge in [-0.05, 0) is 51.3 Å². The fourth-order valence-corrected chi connectivity index (χ4v) is 3.17. The van der Waals surface area contributed by atoms with E-state index in [-0.39, 0.29) is 23.9 Å². The Morgan fingerprint density at radius 2 is 2.12 bits per heavy atom. The van der Waals surface area contributed by atoms with Gasteiger partial charge in [0, 0.05) is 30.0 Å². The fraction of sp³-hybridized carbons (Fsp3) is 0.474. The molecule has 1 aliphatic heterocycles. The van der Waals surface area contributed by atoms with E-state index in [4.69, 9.17) is 13.9 Å². The predicted octanol–water partition coefficient (Wildman–Crippen LogP) is 3.25. The lowest BCUT2D eigenvalue weighted by Gasteiger charge is -2.34. The van der Waals surface area contributed by atoms with Crippen molar-refractivity contribution in [3.8, 4) is 5.75 Å². The monoisotopic (exact) mass is 330 g/mol. The molecule has 128 valence electrons. The number of Topliss-reactive ketones (excluding diaryl/α,β-unsaturated/α-hetero) is 1. The fourth-order valence-electron chi connectivity index (χ4n) is 3.17. The third kappa shape index (κ3) is 3.67. The quantitative estimate of drug-likeness (QED) is 0.805. The zero-order valence-corrected chi connectivity index (χ0v) is 14.3. The number of rotatable bonds is 4. The van der Waals surface area contributed by atoms with Crippen molar-refractivity contribution >= 4 is 16.8 Å². The van der Waals surface area contributed by atoms with Crippen LogP contribution in [0.2, 0.25) is 0 Å². The molecule has 1 aliphatic rings. The molecular weight excluding hydrogens is 308 g/mol. The van der Waals surface area contributed by atoms with Gasteiger partial charge in [0.2, 0.25) is 0 Å². The van der Waals surface area contributed by atoms with Gasteiger partial charge in [-0.15, -0.1) is 0 Å². The Kier molecular flexibility index (Phi) is 4.45. The lowest BCUT2D eigenvalue weighted by atomic mass is 9.86. The van der Waals surface area contributed by atoms with Crippen molar-refractivity contribution in [1.29, 1.82) is 0 Å². The van der Waals surface area contributed by atoms with E-state index in [0.29, 0.717) is 24.4 Å². The summed E-state index contributed by atoms with van der Waals surface area (Å²) < 4.78 is 16.5. The first-order chi connectivity index (χ1) is 11.3. The van der Waals surface area contributed by atoms with Gasteiger partial charge in [0.1, 0.15) is 17.9 Å². The third-order valence-corrected chi connectivity index (χ3v) is 4.46. The molecule has 1 aromatic carbocycles. The molecule has 0 spiro atoms. The summed E-state index contributed by atoms with van der Waals surface area (Å²) in [5, 5.41) is 0.861. The molecular formula is C19H22O5. The number of aryl methyl sites for hydroxylation is 1. The Hall–Kier alpha value is -2.14. The molecule has 0 saturated carbocycles. The number of benzene rings is 1. The Labute approximate surface area is 140 Å². The van der Waals surface area contributed by atoms with Crippen molar-refractivity contribution in [1.82, 2.24) is 0 Å². The van der Waals surface area contributed by atoms with Crippen LogP contribution < -0.4 is 10.4 Å². The minimum Gasteiger partial charge on any atom is -0.486 e. The van der Waals surface area contributed by atoms with Crippen molar-refractivity contribution in [2.24, 2.45) is 5.92 Å². The molecule has 0 amide bonds. The summed E-state index contributed by atoms with van der Waals surface area (Å²) in [6, 6.07) is 6.74. The highest BCUT2D eigenvalue weighted by Crippen LogP contribution is 2.29. The van der Waals surface area contributed by atoms with Gasteiger partial charge in [-0.3, -0.25) is 4.79 Å². The highest BCUT2D eigenvalue weighted by Gasteiger charge is 2.32. The summed E-state index contributed by atoms with van der Waals surface area (Å²) in [5.74, 6) is 0.572. The largest absolute Gasteiger partial charge is 0.486 e. The van der Waals surface area contributed by atoms with Gasteiger partial charge in [0.05, 0.1) is 5.60 Å². The first-order valence-electron chi connectivity index (χ1n) is 8.18. The second kappa shape index (κ2) is 6.40. The van der Waals surface area contributed by atoms with Crippen LogP contribution in [0, 0.1) is 12.8 Å². The number of fused-ring (bicyclic) bond motifs is 1. The number of hydrogen-bond donors (Lipinski definition) is 0. The molecule has 2 aromatic rings. The van der Waals surface area contributed by atoms with E-state index in [2.05, 4.69) is 0 Å². The van der Waals surface area contributed by atoms with E-state index in [1.807, 2.05) is 26.8 Å². The molecule has 0 radical (unpaired) electrons. The molecule has 1 saturated heterocycles. The molecule has 1 atom stereocenters. The minimum atomic E-state index is -0.391. The smallest absolute Gasteiger partial charge is 0.336 e. The number of carbonyl (C=O) groups excluding carboxylic acids is 1. The van der Waals surface area contributed by atoms with Gasteiger partial charge in [-0.1, -0.05) is 0 Å². The maximum atomic E-state index is 12.4. The van der Waals surface area contributed by atoms with E-state index in [0.717, 1.165) is 17.4 Å². The lowest BCUT2D eigenvalue weighted by molar-refractivity contribution is -0.135. The topological polar surface area (TPSA) is 65.7 Å². The van der Waals surface area contributed by atoms with Crippen LogP contribution >= 0.6 is 0 Å². The van der Waals surface area contributed by atoms with Crippen molar-refractivity contribution in [2.45, 2.75) is 39.2 Å². The summed E-state index contributed by atoms with van der Waals surface area (Å²) in [6.45, 7) is 6.48. The van der Waals surface area contributed by atoms with Crippen LogP contribution in [0.3, 0.4) is 0 Å². The summed E-state index contributed by atoms with van der Waals surface area (Å²) >= 11 is 0. The minimum absolute atomic E-state index is 0.0162. The Bertz CT molecular complexity index is 818. The molecule has 2 heterocycles. The first-order valence-corrected chi connectivity index (χ1v) is 8.18. The summed E-state index contributed by atoms with van der Waals surface area (Å²) in [6.07, 6.45) is 1.44. The standard InChI is InChI=1S/C19H22O5/c1-12-8-18(21)24-17-9-14(4-5-15(12)17)22-11-16(20)13-6-7-23-19(2,3)10-13/h4-5,8-9,13H,6-7,10-11H2,1-3H3/t13-/m1/s1. The molecule has 0 N–H and O–H groups in total. The van der Waals surface area contributed by atoms with Gasteiger partial charge in [0.15, 0.2) is 5.78 Å². The maximum absolute atomic E-state index is 12.4. The van der Waals surface area contributed by atoms with Crippen molar-refractivity contribution in [3.05, 3.63) is 40.2 Å². The Morgan fingerprint density at radius 1 is 1.33 bits per heavy atom. The number of carbonyl (C=O) groups is 1. The molecule has 1 fully saturated rings. The molecule has 5 heteroatoms. The molecule has 5 nitrogen and oxygen atoms in total. The number of ether oxygens (including phenoxy) is 2. The second-order valence-corrected chi connectivity index (χ2v) is 6.96. The van der Waals surface area contributed by atoms with E-state index in [1.165, 1.54) is 6.07 Å². The third-order valence-electron chi connectivity index (χ3n) is 4.46. The zero-order chi connectivity index (χ0) is 17.3. The Morgan fingerprint density at radius 3 is 2.88 bits per heavy atom. The molecule has 0 unspecified atom stereocenters. The van der Waals surface area contributed by atoms with E-state index in [9.17, 15) is 9.59 Å². The second-order valence-electron chi connectivity index (χ2n) is 6.96. The van der Waals surface area contributed by atoms with Crippen molar-refractivity contribution in [3.63, 3.8) is 0 Å². The van der Waals surface area contributed by atoms with E-state index >= 15 is 0 Å². The lowest BCUT2D eigenvalue weighted by Crippen LogP contribution is -2.38. The Balaban J connectivity index is 1.69. The van der Waals surface area contributed by atoms with Gasteiger partial charge in [0.25, 0.3) is 0 Å². The van der Waals surface area contributed by atoms with E-state index in [1.54, 1.807) is 12.1 Å². The van der Waals surface area contributed by atoms with Crippen molar-refractivity contribution < 1.29 is 18.7 Å². The maximum Gasteiger partial charge on any atom is 0.336 e. The van der Waals surface area contributed by atoms with Crippen LogP contribution in [0.4, 0.5) is 0 Å². The molecule has 0 aliphatic carbocycles. The average Bonchev–Trinajstić information content (AvgIpc) is 2.51. The van der Waals surface area contributed by atoms with Gasteiger partial charge in [-0.25, -0.2) is 4.79 Å². The highest BCUT2D eigenvalue weighted by molar-refractivity contribution is 5.83. The zero-order valence-electron chi connectivity index (χ0n) is 14.3. The van der Waals surface area contributed by atoms with Gasteiger partial charge < -0.3 is 13.9 Å². The molecule has 3 rings (SSSR count). The van der Waals surface area contributed by atoms with Crippen LogP contribution in [0.15, 0.2) is 33.5 Å². The molecule has 0 bridgehead atoms. The highest BCUT2D eigenvalue weighted by atomic mass is 16.5. The summed E-state index contributed by atoms with van der Waals surface area (Å²) in [5.41, 5.74) is 0.672. The van der Waals surface area contributed by atoms with Crippen LogP contribution in [0.1, 0.15) is 32.3 Å². The summed E-state index contributed by atoms with van der Waals surface area (Å²) in [4.78, 5) is 23.9. The van der Waals surface area contributed by atoms with Crippen LogP contribution in [-0.2, 0) is 9.53 Å². The molecule has 24 heavy (non-hydrogen) atoms. The van der Waals surface area contributed by atoms with Crippen molar-refractivity contribution in [2.75, 3.05) is 13.2 Å². The van der Waals surface area contributed by atoms with Crippen LogP contribution in [-0.4, -0.2) is 24.6 Å². The van der Waals surface area contributed by atoms with Gasteiger partial charge in [-0.2, -0.15) is 0 Å². The summed E-state index contributed by atoms with van der Waals surface area (Å²) in [7, 11) is 0. The van der Waals surface area contributed by atoms with E-state index < -0.39 is 5.63 Å². The number of hydrogen-bond acceptors (Lipinski definition) is 5. The van der Waals surface area contributed by atoms with Crippen LogP contribution in [0.25, 0.3) is 11.0 Å². The first kappa shape index (κ1) is 16.7. The van der Waals surface area contributed by atoms with Crippen LogP contribution in [0.5, 0.6) is 5.75 Å².